The summed E-state index contributed by atoms with van der Waals surface area (Å²) in [6.45, 7) is 1.60. The third-order valence-corrected chi connectivity index (χ3v) is 3.31. The van der Waals surface area contributed by atoms with Gasteiger partial charge in [0.2, 0.25) is 0 Å². The molecule has 1 heterocycles. The minimum atomic E-state index is -4.04. The predicted molar refractivity (Wildman–Crippen MR) is 48.5 cm³/mol. The topological polar surface area (TPSA) is 83.9 Å². The van der Waals surface area contributed by atoms with Crippen LogP contribution in [-0.4, -0.2) is 41.4 Å². The van der Waals surface area contributed by atoms with E-state index in [2.05, 4.69) is 4.74 Å². The molecule has 0 bridgehead atoms. The second kappa shape index (κ2) is 3.56. The highest BCUT2D eigenvalue weighted by molar-refractivity contribution is 7.85. The van der Waals surface area contributed by atoms with E-state index in [1.807, 2.05) is 0 Å². The average molecular weight is 244 g/mol. The van der Waals surface area contributed by atoms with E-state index in [0.717, 1.165) is 4.42 Å². The maximum absolute atomic E-state index is 10.9. The largest absolute Gasteiger partial charge is 0.446 e. The first-order chi connectivity index (χ1) is 6.25. The van der Waals surface area contributed by atoms with Crippen molar-refractivity contribution < 1.29 is 22.5 Å². The zero-order valence-electron chi connectivity index (χ0n) is 7.43. The monoisotopic (exact) mass is 243 g/mol. The zero-order chi connectivity index (χ0) is 11.0. The number of halogens is 1. The molecule has 1 aliphatic rings. The van der Waals surface area contributed by atoms with E-state index >= 15 is 0 Å². The van der Waals surface area contributed by atoms with Crippen molar-refractivity contribution in [3.05, 3.63) is 0 Å². The molecule has 6 nitrogen and oxygen atoms in total. The van der Waals surface area contributed by atoms with Crippen molar-refractivity contribution in [2.45, 2.75) is 18.9 Å². The summed E-state index contributed by atoms with van der Waals surface area (Å²) >= 11 is 5.58. The van der Waals surface area contributed by atoms with E-state index in [0.29, 0.717) is 0 Å². The van der Waals surface area contributed by atoms with Gasteiger partial charge in [-0.15, -0.1) is 0 Å². The lowest BCUT2D eigenvalue weighted by atomic mass is 10.0. The molecule has 14 heavy (non-hydrogen) atoms. The molecule has 1 atom stereocenters. The van der Waals surface area contributed by atoms with Gasteiger partial charge in [0.25, 0.3) is 10.1 Å². The molecule has 0 radical (unpaired) electrons. The minimum Gasteiger partial charge on any atom is -0.446 e. The van der Waals surface area contributed by atoms with Gasteiger partial charge in [-0.3, -0.25) is 4.55 Å². The number of hydrogen-bond acceptors (Lipinski definition) is 4. The van der Waals surface area contributed by atoms with E-state index in [9.17, 15) is 13.2 Å². The molecular formula is C6H10ClNO5S. The normalized spacial score (nSPS) is 27.9. The number of cyclic esters (lactones) is 1. The summed E-state index contributed by atoms with van der Waals surface area (Å²) in [5, 5.41) is 0. The summed E-state index contributed by atoms with van der Waals surface area (Å²) in [6.07, 6.45) is -0.675. The van der Waals surface area contributed by atoms with Crippen LogP contribution in [-0.2, 0) is 14.9 Å². The highest BCUT2D eigenvalue weighted by Crippen LogP contribution is 2.29. The van der Waals surface area contributed by atoms with Crippen molar-refractivity contribution in [1.29, 1.82) is 0 Å². The van der Waals surface area contributed by atoms with E-state index in [4.69, 9.17) is 16.3 Å². The van der Waals surface area contributed by atoms with Crippen molar-refractivity contribution in [3.63, 3.8) is 0 Å². The quantitative estimate of drug-likeness (QED) is 0.581. The van der Waals surface area contributed by atoms with Gasteiger partial charge in [0.1, 0.15) is 6.61 Å². The lowest BCUT2D eigenvalue weighted by molar-refractivity contribution is 0.169. The van der Waals surface area contributed by atoms with E-state index in [1.54, 1.807) is 6.92 Å². The maximum Gasteiger partial charge on any atom is 0.425 e. The van der Waals surface area contributed by atoms with Gasteiger partial charge in [-0.25, -0.2) is 9.21 Å². The Balaban J connectivity index is 2.64. The second-order valence-electron chi connectivity index (χ2n) is 3.37. The molecule has 0 spiro atoms. The summed E-state index contributed by atoms with van der Waals surface area (Å²) in [5.74, 6) is -0.455. The number of amides is 1. The lowest BCUT2D eigenvalue weighted by Crippen LogP contribution is -2.40. The van der Waals surface area contributed by atoms with Gasteiger partial charge < -0.3 is 4.74 Å². The first-order valence-corrected chi connectivity index (χ1v) is 5.77. The van der Waals surface area contributed by atoms with E-state index < -0.39 is 27.5 Å². The van der Waals surface area contributed by atoms with Crippen LogP contribution in [0.3, 0.4) is 0 Å². The molecule has 1 rings (SSSR count). The van der Waals surface area contributed by atoms with Crippen LogP contribution in [0.2, 0.25) is 0 Å². The number of nitrogens with zero attached hydrogens (tertiary/aromatic N) is 1. The fourth-order valence-electron chi connectivity index (χ4n) is 1.07. The van der Waals surface area contributed by atoms with E-state index in [1.165, 1.54) is 0 Å². The van der Waals surface area contributed by atoms with E-state index in [-0.39, 0.29) is 13.0 Å². The zero-order valence-corrected chi connectivity index (χ0v) is 9.01. The molecule has 8 heteroatoms. The highest BCUT2D eigenvalue weighted by Gasteiger charge is 2.43. The summed E-state index contributed by atoms with van der Waals surface area (Å²) in [5.41, 5.74) is -0.881. The van der Waals surface area contributed by atoms with Crippen molar-refractivity contribution in [2.75, 3.05) is 12.4 Å². The molecule has 1 saturated heterocycles. The van der Waals surface area contributed by atoms with Gasteiger partial charge in [-0.2, -0.15) is 8.42 Å². The Morgan fingerprint density at radius 2 is 2.29 bits per heavy atom. The Hall–Kier alpha value is -0.530. The Labute approximate surface area is 86.6 Å². The standard InChI is InChI=1S/C6H10ClNO5S/c1-6(2-3-14(10,11)12)4-13-5(9)8(6)7/h2-4H2,1H3,(H,10,11,12). The molecule has 82 valence electrons. The number of carbonyl (C=O) groups is 1. The van der Waals surface area contributed by atoms with Crippen molar-refractivity contribution >= 4 is 28.0 Å². The summed E-state index contributed by atoms with van der Waals surface area (Å²) in [4.78, 5) is 10.9. The first-order valence-electron chi connectivity index (χ1n) is 3.82. The molecule has 1 fully saturated rings. The molecule has 0 aliphatic carbocycles. The van der Waals surface area contributed by atoms with Crippen LogP contribution in [0, 0.1) is 0 Å². The Morgan fingerprint density at radius 3 is 2.64 bits per heavy atom. The van der Waals surface area contributed by atoms with Gasteiger partial charge in [-0.05, 0) is 13.3 Å². The molecule has 0 aromatic rings. The lowest BCUT2D eigenvalue weighted by Gasteiger charge is -2.24. The molecule has 1 N–H and O–H groups in total. The predicted octanol–water partition coefficient (Wildman–Crippen LogP) is 0.629. The second-order valence-corrected chi connectivity index (χ2v) is 5.28. The van der Waals surface area contributed by atoms with Crippen LogP contribution in [0.25, 0.3) is 0 Å². The molecule has 1 amide bonds. The van der Waals surface area contributed by atoms with Crippen molar-refractivity contribution in [3.8, 4) is 0 Å². The SMILES string of the molecule is CC1(CCS(=O)(=O)O)COC(=O)N1Cl. The number of carbonyl (C=O) groups excluding carboxylic acids is 1. The Kier molecular flexibility index (Phi) is 2.93. The fourth-order valence-corrected chi connectivity index (χ4v) is 1.95. The van der Waals surface area contributed by atoms with Crippen LogP contribution >= 0.6 is 11.8 Å². The van der Waals surface area contributed by atoms with Crippen molar-refractivity contribution in [2.24, 2.45) is 0 Å². The van der Waals surface area contributed by atoms with Crippen molar-refractivity contribution in [1.82, 2.24) is 4.42 Å². The number of ether oxygens (including phenoxy) is 1. The third-order valence-electron chi connectivity index (χ3n) is 2.04. The van der Waals surface area contributed by atoms with Crippen LogP contribution < -0.4 is 0 Å². The fraction of sp³-hybridized carbons (Fsp3) is 0.833. The number of hydrogen-bond donors (Lipinski definition) is 1. The summed E-state index contributed by atoms with van der Waals surface area (Å²) in [7, 11) is -4.04. The molecule has 1 unspecified atom stereocenters. The van der Waals surface area contributed by atoms with Gasteiger partial charge in [0.15, 0.2) is 0 Å². The minimum absolute atomic E-state index is 0.0187. The van der Waals surface area contributed by atoms with Gasteiger partial charge >= 0.3 is 6.09 Å². The Bertz CT molecular complexity index is 342. The van der Waals surface area contributed by atoms with Crippen LogP contribution in [0.15, 0.2) is 0 Å². The van der Waals surface area contributed by atoms with Gasteiger partial charge in [0, 0.05) is 11.8 Å². The molecule has 0 aromatic carbocycles. The highest BCUT2D eigenvalue weighted by atomic mass is 35.5. The Morgan fingerprint density at radius 1 is 1.71 bits per heavy atom. The van der Waals surface area contributed by atoms with Gasteiger partial charge in [0.05, 0.1) is 11.3 Å². The first kappa shape index (κ1) is 11.5. The third kappa shape index (κ3) is 2.49. The summed E-state index contributed by atoms with van der Waals surface area (Å²) in [6, 6.07) is 0. The molecule has 0 saturated carbocycles. The smallest absolute Gasteiger partial charge is 0.425 e. The van der Waals surface area contributed by atoms with Crippen LogP contribution in [0.1, 0.15) is 13.3 Å². The maximum atomic E-state index is 10.9. The van der Waals surface area contributed by atoms with Gasteiger partial charge in [-0.1, -0.05) is 0 Å². The molecular weight excluding hydrogens is 234 g/mol. The number of rotatable bonds is 3. The average Bonchev–Trinajstić information content (AvgIpc) is 2.30. The molecule has 0 aromatic heterocycles. The van der Waals surface area contributed by atoms with Crippen LogP contribution in [0.5, 0.6) is 0 Å². The molecule has 1 aliphatic heterocycles. The van der Waals surface area contributed by atoms with Crippen LogP contribution in [0.4, 0.5) is 4.79 Å². The summed E-state index contributed by atoms with van der Waals surface area (Å²) < 4.78 is 34.9.